The Labute approximate surface area is 127 Å². The molecule has 1 aromatic carbocycles. The number of benzene rings is 1. The highest BCUT2D eigenvalue weighted by Gasteiger charge is 2.21. The van der Waals surface area contributed by atoms with E-state index in [1.165, 1.54) is 16.7 Å². The predicted molar refractivity (Wildman–Crippen MR) is 86.0 cm³/mol. The van der Waals surface area contributed by atoms with E-state index in [1.807, 2.05) is 13.2 Å². The van der Waals surface area contributed by atoms with Gasteiger partial charge in [0.25, 0.3) is 0 Å². The van der Waals surface area contributed by atoms with Crippen LogP contribution in [0.15, 0.2) is 28.9 Å². The quantitative estimate of drug-likeness (QED) is 0.860. The van der Waals surface area contributed by atoms with Gasteiger partial charge in [0.1, 0.15) is 11.5 Å². The molecular weight excluding hydrogens is 262 g/mol. The molecule has 1 heterocycles. The Morgan fingerprint density at radius 1 is 1.19 bits per heavy atom. The summed E-state index contributed by atoms with van der Waals surface area (Å²) in [6, 6.07) is 6.48. The molecular formula is C18H25NO2. The summed E-state index contributed by atoms with van der Waals surface area (Å²) in [5.41, 5.74) is 4.79. The summed E-state index contributed by atoms with van der Waals surface area (Å²) in [6.45, 7) is 9.32. The van der Waals surface area contributed by atoms with E-state index in [2.05, 4.69) is 44.3 Å². The zero-order valence-corrected chi connectivity index (χ0v) is 13.6. The van der Waals surface area contributed by atoms with Crippen molar-refractivity contribution in [2.24, 2.45) is 0 Å². The molecule has 1 aromatic heterocycles. The summed E-state index contributed by atoms with van der Waals surface area (Å²) < 4.78 is 11.1. The first-order chi connectivity index (χ1) is 10.1. The van der Waals surface area contributed by atoms with Crippen LogP contribution in [0.2, 0.25) is 0 Å². The smallest absolute Gasteiger partial charge is 0.124 e. The summed E-state index contributed by atoms with van der Waals surface area (Å²) in [7, 11) is 1.73. The topological polar surface area (TPSA) is 34.4 Å². The number of hydrogen-bond donors (Lipinski definition) is 1. The molecule has 3 nitrogen and oxygen atoms in total. The minimum absolute atomic E-state index is 0.0953. The predicted octanol–water partition coefficient (Wildman–Crippen LogP) is 4.30. The third kappa shape index (κ3) is 3.48. The molecule has 1 atom stereocenters. The van der Waals surface area contributed by atoms with E-state index in [9.17, 15) is 0 Å². The highest BCUT2D eigenvalue weighted by molar-refractivity contribution is 5.48. The normalized spacial score (nSPS) is 12.4. The molecule has 114 valence electrons. The fourth-order valence-electron chi connectivity index (χ4n) is 2.77. The van der Waals surface area contributed by atoms with Crippen LogP contribution in [0.5, 0.6) is 5.75 Å². The number of furan rings is 1. The second kappa shape index (κ2) is 6.81. The van der Waals surface area contributed by atoms with Gasteiger partial charge in [-0.2, -0.15) is 0 Å². The van der Waals surface area contributed by atoms with Crippen LogP contribution in [0.25, 0.3) is 0 Å². The molecule has 2 rings (SSSR count). The lowest BCUT2D eigenvalue weighted by molar-refractivity contribution is 0.402. The number of rotatable bonds is 6. The Kier molecular flexibility index (Phi) is 5.07. The first-order valence-electron chi connectivity index (χ1n) is 7.50. The largest absolute Gasteiger partial charge is 0.496 e. The van der Waals surface area contributed by atoms with Gasteiger partial charge in [0.2, 0.25) is 0 Å². The zero-order valence-electron chi connectivity index (χ0n) is 13.6. The fourth-order valence-corrected chi connectivity index (χ4v) is 2.77. The van der Waals surface area contributed by atoms with Crippen molar-refractivity contribution in [1.82, 2.24) is 5.32 Å². The van der Waals surface area contributed by atoms with Gasteiger partial charge in [0, 0.05) is 11.1 Å². The Bertz CT molecular complexity index is 601. The Morgan fingerprint density at radius 3 is 2.52 bits per heavy atom. The summed E-state index contributed by atoms with van der Waals surface area (Å²) in [5.74, 6) is 1.86. The maximum absolute atomic E-state index is 5.63. The number of hydrogen-bond acceptors (Lipinski definition) is 3. The van der Waals surface area contributed by atoms with Crippen molar-refractivity contribution in [2.75, 3.05) is 13.7 Å². The van der Waals surface area contributed by atoms with Crippen molar-refractivity contribution in [2.45, 2.75) is 40.2 Å². The van der Waals surface area contributed by atoms with Gasteiger partial charge in [-0.1, -0.05) is 13.0 Å². The monoisotopic (exact) mass is 287 g/mol. The lowest BCUT2D eigenvalue weighted by Gasteiger charge is -2.23. The van der Waals surface area contributed by atoms with Gasteiger partial charge in [-0.05, 0) is 57.0 Å². The highest BCUT2D eigenvalue weighted by Crippen LogP contribution is 2.34. The average molecular weight is 287 g/mol. The second-order valence-corrected chi connectivity index (χ2v) is 5.58. The van der Waals surface area contributed by atoms with Gasteiger partial charge in [-0.25, -0.2) is 0 Å². The molecule has 0 amide bonds. The molecule has 0 fully saturated rings. The van der Waals surface area contributed by atoms with Crippen molar-refractivity contribution in [3.05, 3.63) is 52.5 Å². The van der Waals surface area contributed by atoms with Gasteiger partial charge in [-0.3, -0.25) is 0 Å². The van der Waals surface area contributed by atoms with Crippen LogP contribution in [0.1, 0.15) is 47.4 Å². The van der Waals surface area contributed by atoms with Crippen LogP contribution in [-0.4, -0.2) is 13.7 Å². The highest BCUT2D eigenvalue weighted by atomic mass is 16.5. The lowest BCUT2D eigenvalue weighted by Crippen LogP contribution is -2.24. The third-order valence-electron chi connectivity index (χ3n) is 3.68. The molecule has 0 aliphatic heterocycles. The maximum atomic E-state index is 5.63. The Balaban J connectivity index is 2.50. The molecule has 0 aliphatic carbocycles. The standard InChI is InChI=1S/C18H25NO2/c1-6-7-19-18(15-10-14(4)21-11-15)17-13(3)8-12(2)9-16(17)20-5/h8-11,18-19H,6-7H2,1-5H3. The van der Waals surface area contributed by atoms with Gasteiger partial charge >= 0.3 is 0 Å². The number of aryl methyl sites for hydroxylation is 3. The van der Waals surface area contributed by atoms with Crippen molar-refractivity contribution in [1.29, 1.82) is 0 Å². The molecule has 0 radical (unpaired) electrons. The SMILES string of the molecule is CCCNC(c1coc(C)c1)c1c(C)cc(C)cc1OC. The molecule has 0 saturated carbocycles. The van der Waals surface area contributed by atoms with E-state index in [1.54, 1.807) is 7.11 Å². The van der Waals surface area contributed by atoms with E-state index < -0.39 is 0 Å². The molecule has 0 saturated heterocycles. The number of nitrogens with one attached hydrogen (secondary N) is 1. The van der Waals surface area contributed by atoms with Crippen molar-refractivity contribution in [3.8, 4) is 5.75 Å². The summed E-state index contributed by atoms with van der Waals surface area (Å²) >= 11 is 0. The number of ether oxygens (including phenoxy) is 1. The molecule has 0 aliphatic rings. The van der Waals surface area contributed by atoms with Crippen LogP contribution in [0.4, 0.5) is 0 Å². The first-order valence-corrected chi connectivity index (χ1v) is 7.50. The van der Waals surface area contributed by atoms with Gasteiger partial charge < -0.3 is 14.5 Å². The minimum Gasteiger partial charge on any atom is -0.496 e. The molecule has 0 bridgehead atoms. The van der Waals surface area contributed by atoms with Crippen LogP contribution >= 0.6 is 0 Å². The second-order valence-electron chi connectivity index (χ2n) is 5.58. The van der Waals surface area contributed by atoms with Crippen LogP contribution in [0.3, 0.4) is 0 Å². The third-order valence-corrected chi connectivity index (χ3v) is 3.68. The maximum Gasteiger partial charge on any atom is 0.124 e. The van der Waals surface area contributed by atoms with E-state index in [0.29, 0.717) is 0 Å². The van der Waals surface area contributed by atoms with Crippen molar-refractivity contribution in [3.63, 3.8) is 0 Å². The van der Waals surface area contributed by atoms with Crippen LogP contribution < -0.4 is 10.1 Å². The van der Waals surface area contributed by atoms with Crippen LogP contribution in [0, 0.1) is 20.8 Å². The lowest BCUT2D eigenvalue weighted by atomic mass is 9.94. The van der Waals surface area contributed by atoms with Gasteiger partial charge in [-0.15, -0.1) is 0 Å². The van der Waals surface area contributed by atoms with E-state index in [0.717, 1.165) is 30.0 Å². The van der Waals surface area contributed by atoms with E-state index in [-0.39, 0.29) is 6.04 Å². The molecule has 3 heteroatoms. The molecule has 2 aromatic rings. The van der Waals surface area contributed by atoms with Gasteiger partial charge in [0.05, 0.1) is 19.4 Å². The Morgan fingerprint density at radius 2 is 1.95 bits per heavy atom. The summed E-state index contributed by atoms with van der Waals surface area (Å²) in [6.07, 6.45) is 2.92. The van der Waals surface area contributed by atoms with Crippen LogP contribution in [-0.2, 0) is 0 Å². The molecule has 1 N–H and O–H groups in total. The van der Waals surface area contributed by atoms with Crippen molar-refractivity contribution >= 4 is 0 Å². The summed E-state index contributed by atoms with van der Waals surface area (Å²) in [4.78, 5) is 0. The van der Waals surface area contributed by atoms with E-state index in [4.69, 9.17) is 9.15 Å². The summed E-state index contributed by atoms with van der Waals surface area (Å²) in [5, 5.41) is 3.61. The number of methoxy groups -OCH3 is 1. The zero-order chi connectivity index (χ0) is 15.4. The molecule has 1 unspecified atom stereocenters. The first kappa shape index (κ1) is 15.6. The van der Waals surface area contributed by atoms with E-state index >= 15 is 0 Å². The molecule has 0 spiro atoms. The molecule has 21 heavy (non-hydrogen) atoms. The Hall–Kier alpha value is -1.74. The minimum atomic E-state index is 0.0953. The average Bonchev–Trinajstić information content (AvgIpc) is 2.87. The van der Waals surface area contributed by atoms with Gasteiger partial charge in [0.15, 0.2) is 0 Å². The van der Waals surface area contributed by atoms with Crippen molar-refractivity contribution < 1.29 is 9.15 Å². The fraction of sp³-hybridized carbons (Fsp3) is 0.444.